The lowest BCUT2D eigenvalue weighted by molar-refractivity contribution is -0.261. The number of hydrogen-bond acceptors (Lipinski definition) is 3. The van der Waals surface area contributed by atoms with Crippen LogP contribution in [0.2, 0.25) is 0 Å². The SMILES string of the molecule is CN(C)C1(COO)Cc2ccccc2C1. The van der Waals surface area contributed by atoms with Gasteiger partial charge >= 0.3 is 0 Å². The summed E-state index contributed by atoms with van der Waals surface area (Å²) >= 11 is 0. The Labute approximate surface area is 90.2 Å². The molecule has 0 aliphatic heterocycles. The fourth-order valence-corrected chi connectivity index (χ4v) is 2.34. The molecule has 1 N–H and O–H groups in total. The van der Waals surface area contributed by atoms with Crippen molar-refractivity contribution in [1.29, 1.82) is 0 Å². The molecule has 0 saturated heterocycles. The van der Waals surface area contributed by atoms with Gasteiger partial charge in [-0.2, -0.15) is 0 Å². The lowest BCUT2D eigenvalue weighted by Gasteiger charge is -2.34. The summed E-state index contributed by atoms with van der Waals surface area (Å²) in [7, 11) is 4.07. The first-order valence-corrected chi connectivity index (χ1v) is 5.18. The third kappa shape index (κ3) is 1.78. The molecule has 1 aliphatic carbocycles. The van der Waals surface area contributed by atoms with E-state index in [0.717, 1.165) is 12.8 Å². The van der Waals surface area contributed by atoms with Crippen molar-refractivity contribution in [2.24, 2.45) is 0 Å². The van der Waals surface area contributed by atoms with Crippen molar-refractivity contribution in [2.45, 2.75) is 18.4 Å². The average molecular weight is 207 g/mol. The summed E-state index contributed by atoms with van der Waals surface area (Å²) in [6.07, 6.45) is 1.88. The molecule has 15 heavy (non-hydrogen) atoms. The minimum Gasteiger partial charge on any atom is -0.301 e. The maximum absolute atomic E-state index is 8.69. The second kappa shape index (κ2) is 3.93. The summed E-state index contributed by atoms with van der Waals surface area (Å²) < 4.78 is 0. The van der Waals surface area contributed by atoms with E-state index in [1.54, 1.807) is 0 Å². The third-order valence-corrected chi connectivity index (χ3v) is 3.44. The van der Waals surface area contributed by atoms with Crippen molar-refractivity contribution in [1.82, 2.24) is 4.90 Å². The van der Waals surface area contributed by atoms with Crippen molar-refractivity contribution in [3.05, 3.63) is 35.4 Å². The first-order valence-electron chi connectivity index (χ1n) is 5.18. The van der Waals surface area contributed by atoms with Gasteiger partial charge < -0.3 is 4.90 Å². The Morgan fingerprint density at radius 1 is 1.27 bits per heavy atom. The van der Waals surface area contributed by atoms with Gasteiger partial charge in [0, 0.05) is 0 Å². The van der Waals surface area contributed by atoms with E-state index in [1.807, 2.05) is 14.1 Å². The van der Waals surface area contributed by atoms with Crippen LogP contribution in [0.1, 0.15) is 11.1 Å². The van der Waals surface area contributed by atoms with E-state index >= 15 is 0 Å². The van der Waals surface area contributed by atoms with Gasteiger partial charge in [0.05, 0.1) is 5.54 Å². The normalized spacial score (nSPS) is 18.1. The highest BCUT2D eigenvalue weighted by Crippen LogP contribution is 2.33. The van der Waals surface area contributed by atoms with E-state index in [4.69, 9.17) is 5.26 Å². The van der Waals surface area contributed by atoms with Crippen LogP contribution < -0.4 is 0 Å². The molecule has 0 saturated carbocycles. The molecule has 82 valence electrons. The highest BCUT2D eigenvalue weighted by molar-refractivity contribution is 5.36. The molecule has 3 nitrogen and oxygen atoms in total. The van der Waals surface area contributed by atoms with E-state index in [0.29, 0.717) is 6.61 Å². The molecular formula is C12H17NO2. The molecule has 0 atom stereocenters. The van der Waals surface area contributed by atoms with Gasteiger partial charge in [0.25, 0.3) is 0 Å². The zero-order chi connectivity index (χ0) is 10.9. The molecule has 2 rings (SSSR count). The second-order valence-corrected chi connectivity index (χ2v) is 4.51. The summed E-state index contributed by atoms with van der Waals surface area (Å²) in [5.41, 5.74) is 2.64. The third-order valence-electron chi connectivity index (χ3n) is 3.44. The summed E-state index contributed by atoms with van der Waals surface area (Å²) in [5, 5.41) is 8.69. The Hall–Kier alpha value is -0.900. The van der Waals surface area contributed by atoms with Crippen LogP contribution in [0, 0.1) is 0 Å². The highest BCUT2D eigenvalue weighted by atomic mass is 17.1. The first-order chi connectivity index (χ1) is 7.18. The van der Waals surface area contributed by atoms with Crippen LogP contribution in [-0.2, 0) is 17.7 Å². The summed E-state index contributed by atoms with van der Waals surface area (Å²) in [5.74, 6) is 0. The molecule has 0 fully saturated rings. The molecular weight excluding hydrogens is 190 g/mol. The zero-order valence-corrected chi connectivity index (χ0v) is 9.23. The highest BCUT2D eigenvalue weighted by Gasteiger charge is 2.39. The van der Waals surface area contributed by atoms with E-state index in [2.05, 4.69) is 34.1 Å². The number of benzene rings is 1. The van der Waals surface area contributed by atoms with E-state index < -0.39 is 0 Å². The van der Waals surface area contributed by atoms with Crippen LogP contribution in [0.3, 0.4) is 0 Å². The predicted octanol–water partition coefficient (Wildman–Crippen LogP) is 1.58. The largest absolute Gasteiger partial charge is 0.301 e. The van der Waals surface area contributed by atoms with E-state index in [-0.39, 0.29) is 5.54 Å². The molecule has 1 aromatic rings. The lowest BCUT2D eigenvalue weighted by atomic mass is 9.95. The van der Waals surface area contributed by atoms with Crippen LogP contribution in [0.4, 0.5) is 0 Å². The monoisotopic (exact) mass is 207 g/mol. The minimum atomic E-state index is -0.0849. The minimum absolute atomic E-state index is 0.0849. The Bertz CT molecular complexity index is 324. The van der Waals surface area contributed by atoms with Crippen molar-refractivity contribution in [2.75, 3.05) is 20.7 Å². The molecule has 0 spiro atoms. The fraction of sp³-hybridized carbons (Fsp3) is 0.500. The molecule has 0 heterocycles. The van der Waals surface area contributed by atoms with Crippen molar-refractivity contribution < 1.29 is 10.1 Å². The summed E-state index contributed by atoms with van der Waals surface area (Å²) in [6, 6.07) is 8.42. The van der Waals surface area contributed by atoms with Crippen LogP contribution in [0.25, 0.3) is 0 Å². The molecule has 1 aromatic carbocycles. The van der Waals surface area contributed by atoms with Gasteiger partial charge in [-0.3, -0.25) is 5.26 Å². The topological polar surface area (TPSA) is 32.7 Å². The van der Waals surface area contributed by atoms with E-state index in [1.165, 1.54) is 11.1 Å². The number of rotatable bonds is 3. The number of likely N-dealkylation sites (N-methyl/N-ethyl adjacent to an activating group) is 1. The maximum Gasteiger partial charge on any atom is 0.101 e. The Kier molecular flexibility index (Phi) is 2.78. The van der Waals surface area contributed by atoms with Gasteiger partial charge in [0.15, 0.2) is 0 Å². The van der Waals surface area contributed by atoms with Gasteiger partial charge in [0.2, 0.25) is 0 Å². The Morgan fingerprint density at radius 2 is 1.80 bits per heavy atom. The fourth-order valence-electron chi connectivity index (χ4n) is 2.34. The summed E-state index contributed by atoms with van der Waals surface area (Å²) in [6.45, 7) is 0.356. The number of nitrogens with zero attached hydrogens (tertiary/aromatic N) is 1. The Balaban J connectivity index is 2.28. The zero-order valence-electron chi connectivity index (χ0n) is 9.23. The van der Waals surface area contributed by atoms with Crippen molar-refractivity contribution in [3.8, 4) is 0 Å². The van der Waals surface area contributed by atoms with Crippen LogP contribution >= 0.6 is 0 Å². The van der Waals surface area contributed by atoms with Gasteiger partial charge in [-0.1, -0.05) is 24.3 Å². The molecule has 1 aliphatic rings. The van der Waals surface area contributed by atoms with Gasteiger partial charge in [-0.15, -0.1) is 0 Å². The second-order valence-electron chi connectivity index (χ2n) is 4.51. The lowest BCUT2D eigenvalue weighted by Crippen LogP contribution is -2.49. The van der Waals surface area contributed by atoms with E-state index in [9.17, 15) is 0 Å². The van der Waals surface area contributed by atoms with Crippen LogP contribution in [-0.4, -0.2) is 36.4 Å². The maximum atomic E-state index is 8.69. The van der Waals surface area contributed by atoms with Crippen molar-refractivity contribution >= 4 is 0 Å². The Morgan fingerprint density at radius 3 is 2.20 bits per heavy atom. The average Bonchev–Trinajstić information content (AvgIpc) is 2.57. The molecule has 0 amide bonds. The molecule has 0 bridgehead atoms. The number of hydrogen-bond donors (Lipinski definition) is 1. The van der Waals surface area contributed by atoms with Gasteiger partial charge in [-0.05, 0) is 38.1 Å². The first kappa shape index (κ1) is 10.6. The quantitative estimate of drug-likeness (QED) is 0.603. The van der Waals surface area contributed by atoms with Crippen LogP contribution in [0.15, 0.2) is 24.3 Å². The number of fused-ring (bicyclic) bond motifs is 1. The van der Waals surface area contributed by atoms with Crippen LogP contribution in [0.5, 0.6) is 0 Å². The molecule has 0 aromatic heterocycles. The predicted molar refractivity (Wildman–Crippen MR) is 58.8 cm³/mol. The molecule has 0 unspecified atom stereocenters. The van der Waals surface area contributed by atoms with Crippen molar-refractivity contribution in [3.63, 3.8) is 0 Å². The summed E-state index contributed by atoms with van der Waals surface area (Å²) in [4.78, 5) is 6.52. The molecule has 0 radical (unpaired) electrons. The van der Waals surface area contributed by atoms with Gasteiger partial charge in [0.1, 0.15) is 6.61 Å². The molecule has 3 heteroatoms. The van der Waals surface area contributed by atoms with Gasteiger partial charge in [-0.25, -0.2) is 4.89 Å². The smallest absolute Gasteiger partial charge is 0.101 e. The standard InChI is InChI=1S/C12H17NO2/c1-13(2)12(9-15-14)7-10-5-3-4-6-11(10)8-12/h3-6,14H,7-9H2,1-2H3.